The highest BCUT2D eigenvalue weighted by molar-refractivity contribution is 5.37. The molecule has 0 spiro atoms. The predicted octanol–water partition coefficient (Wildman–Crippen LogP) is -6.88. The summed E-state index contributed by atoms with van der Waals surface area (Å²) in [5.74, 6) is -4.23. The molecule has 0 saturated carbocycles. The van der Waals surface area contributed by atoms with E-state index in [-0.39, 0.29) is 6.47 Å². The lowest BCUT2D eigenvalue weighted by Crippen LogP contribution is -2.65. The molecule has 4 heterocycles. The van der Waals surface area contributed by atoms with Crippen LogP contribution in [0.25, 0.3) is 0 Å². The van der Waals surface area contributed by atoms with Crippen molar-refractivity contribution in [3.63, 3.8) is 0 Å². The fourth-order valence-electron chi connectivity index (χ4n) is 6.69. The van der Waals surface area contributed by atoms with Crippen molar-refractivity contribution < 1.29 is 104 Å². The highest BCUT2D eigenvalue weighted by Crippen LogP contribution is 2.38. The lowest BCUT2D eigenvalue weighted by Gasteiger charge is -2.49. The number of hydrogen-bond acceptors (Lipinski definition) is 21. The first-order valence-corrected chi connectivity index (χ1v) is 16.7. The highest BCUT2D eigenvalue weighted by atomic mass is 16.9. The molecule has 4 rings (SSSR count). The number of carbonyl (C=O) groups excluding carboxylic acids is 1. The average molecular weight is 749 g/mol. The van der Waals surface area contributed by atoms with Crippen molar-refractivity contribution in [1.29, 1.82) is 0 Å². The third-order valence-electron chi connectivity index (χ3n) is 10.0. The van der Waals surface area contributed by atoms with Crippen LogP contribution < -0.4 is 0 Å². The second-order valence-electron chi connectivity index (χ2n) is 13.5. The van der Waals surface area contributed by atoms with E-state index in [2.05, 4.69) is 0 Å². The minimum atomic E-state index is -2.42. The summed E-state index contributed by atoms with van der Waals surface area (Å²) in [4.78, 5) is 11.4. The van der Waals surface area contributed by atoms with Gasteiger partial charge in [-0.15, -0.1) is 0 Å². The highest BCUT2D eigenvalue weighted by Gasteiger charge is 2.55. The van der Waals surface area contributed by atoms with Crippen LogP contribution in [0.3, 0.4) is 0 Å². The van der Waals surface area contributed by atoms with Crippen molar-refractivity contribution >= 4 is 6.47 Å². The Labute approximate surface area is 292 Å². The average Bonchev–Trinajstić information content (AvgIpc) is 3.11. The summed E-state index contributed by atoms with van der Waals surface area (Å²) in [7, 11) is 0. The van der Waals surface area contributed by atoms with Crippen LogP contribution >= 0.6 is 0 Å². The fourth-order valence-corrected chi connectivity index (χ4v) is 6.69. The molecule has 0 bridgehead atoms. The number of aliphatic hydroxyl groups is 12. The Balaban J connectivity index is 1.45. The van der Waals surface area contributed by atoms with Crippen LogP contribution in [0.15, 0.2) is 0 Å². The number of carbonyl (C=O) groups is 1. The second kappa shape index (κ2) is 17.9. The van der Waals surface area contributed by atoms with Crippen molar-refractivity contribution in [3.8, 4) is 0 Å². The summed E-state index contributed by atoms with van der Waals surface area (Å²) >= 11 is 0. The molecule has 4 aliphatic rings. The van der Waals surface area contributed by atoms with Crippen molar-refractivity contribution in [2.24, 2.45) is 11.8 Å². The molecule has 21 atom stereocenters. The zero-order chi connectivity index (χ0) is 37.9. The second-order valence-corrected chi connectivity index (χ2v) is 13.5. The van der Waals surface area contributed by atoms with Gasteiger partial charge in [-0.3, -0.25) is 4.79 Å². The lowest BCUT2D eigenvalue weighted by atomic mass is 9.87. The molecule has 0 aromatic heterocycles. The maximum absolute atomic E-state index is 11.4. The van der Waals surface area contributed by atoms with Crippen LogP contribution in [0, 0.1) is 11.8 Å². The van der Waals surface area contributed by atoms with Crippen LogP contribution in [0.4, 0.5) is 0 Å². The SMILES string of the molecule is CC1OC(CO)C(O)C(O)C1OC1OC(CO)C(OC2OC(COC3(OC=O)CC(O)C(C)C(C(O)C(O)CO)O3)C(O)C(O)C2O)C(O)C1C. The van der Waals surface area contributed by atoms with Crippen molar-refractivity contribution in [3.05, 3.63) is 0 Å². The molecule has 4 saturated heterocycles. The number of ether oxygens (including phenoxy) is 8. The molecule has 0 amide bonds. The van der Waals surface area contributed by atoms with Crippen LogP contribution in [0.1, 0.15) is 27.2 Å². The van der Waals surface area contributed by atoms with E-state index in [4.69, 9.17) is 37.9 Å². The Morgan fingerprint density at radius 3 is 1.94 bits per heavy atom. The third kappa shape index (κ3) is 8.99. The first-order chi connectivity index (χ1) is 24.0. The van der Waals surface area contributed by atoms with Crippen molar-refractivity contribution in [1.82, 2.24) is 0 Å². The van der Waals surface area contributed by atoms with E-state index in [1.54, 1.807) is 0 Å². The van der Waals surface area contributed by atoms with Crippen molar-refractivity contribution in [2.75, 3.05) is 26.4 Å². The minimum Gasteiger partial charge on any atom is -0.410 e. The van der Waals surface area contributed by atoms with Gasteiger partial charge in [0, 0.05) is 11.8 Å². The van der Waals surface area contributed by atoms with E-state index < -0.39 is 161 Å². The van der Waals surface area contributed by atoms with Crippen LogP contribution in [0.2, 0.25) is 0 Å². The first-order valence-electron chi connectivity index (χ1n) is 16.7. The Kier molecular flexibility index (Phi) is 14.9. The van der Waals surface area contributed by atoms with Crippen molar-refractivity contribution in [2.45, 2.75) is 143 Å². The van der Waals surface area contributed by atoms with E-state index >= 15 is 0 Å². The Morgan fingerprint density at radius 1 is 0.725 bits per heavy atom. The van der Waals surface area contributed by atoms with Gasteiger partial charge in [0.05, 0.1) is 57.3 Å². The zero-order valence-corrected chi connectivity index (χ0v) is 28.2. The van der Waals surface area contributed by atoms with Crippen LogP contribution in [0.5, 0.6) is 0 Å². The van der Waals surface area contributed by atoms with E-state index in [9.17, 15) is 66.1 Å². The quantitative estimate of drug-likeness (QED) is 0.0580. The summed E-state index contributed by atoms with van der Waals surface area (Å²) < 4.78 is 45.1. The maximum atomic E-state index is 11.4. The Bertz CT molecular complexity index is 1090. The summed E-state index contributed by atoms with van der Waals surface area (Å²) in [6.07, 6.45) is -27.6. The smallest absolute Gasteiger partial charge is 0.332 e. The lowest BCUT2D eigenvalue weighted by molar-refractivity contribution is -0.424. The molecular weight excluding hydrogens is 696 g/mol. The van der Waals surface area contributed by atoms with Gasteiger partial charge in [-0.2, -0.15) is 0 Å². The molecule has 0 radical (unpaired) electrons. The van der Waals surface area contributed by atoms with E-state index in [1.165, 1.54) is 20.8 Å². The molecule has 0 aliphatic carbocycles. The summed E-state index contributed by atoms with van der Waals surface area (Å²) in [5.41, 5.74) is 0. The normalized spacial score (nSPS) is 49.2. The molecule has 21 nitrogen and oxygen atoms in total. The van der Waals surface area contributed by atoms with Crippen LogP contribution in [-0.4, -0.2) is 210 Å². The molecule has 0 aromatic rings. The first kappa shape index (κ1) is 42.5. The van der Waals surface area contributed by atoms with Gasteiger partial charge in [0.1, 0.15) is 73.2 Å². The van der Waals surface area contributed by atoms with E-state index in [1.807, 2.05) is 0 Å². The van der Waals surface area contributed by atoms with Gasteiger partial charge in [-0.25, -0.2) is 0 Å². The summed E-state index contributed by atoms with van der Waals surface area (Å²) in [6, 6.07) is 0. The largest absolute Gasteiger partial charge is 0.410 e. The van der Waals surface area contributed by atoms with Gasteiger partial charge in [0.2, 0.25) is 0 Å². The molecule has 0 aromatic carbocycles. The molecule has 4 fully saturated rings. The molecule has 51 heavy (non-hydrogen) atoms. The van der Waals surface area contributed by atoms with Gasteiger partial charge < -0.3 is 99.2 Å². The minimum absolute atomic E-state index is 0.0778. The molecule has 21 unspecified atom stereocenters. The molecule has 4 aliphatic heterocycles. The Morgan fingerprint density at radius 2 is 1.33 bits per heavy atom. The summed E-state index contributed by atoms with van der Waals surface area (Å²) in [5, 5.41) is 124. The number of hydrogen-bond donors (Lipinski definition) is 12. The van der Waals surface area contributed by atoms with Gasteiger partial charge in [-0.1, -0.05) is 13.8 Å². The van der Waals surface area contributed by atoms with E-state index in [0.29, 0.717) is 0 Å². The standard InChI is InChI=1S/C30H52O21/c1-10-13(35)4-30(45-9-34,51-25(10)19(38)14(36)5-31)44-8-17-21(40)22(41)24(43)29(48-17)50-27-16(7-33)47-28(11(2)18(27)37)49-26-12(3)46-15(6-32)20(39)23(26)42/h9-29,31-33,35-43H,4-8H2,1-3H3. The van der Waals surface area contributed by atoms with Gasteiger partial charge >= 0.3 is 5.97 Å². The Hall–Kier alpha value is -1.29. The zero-order valence-electron chi connectivity index (χ0n) is 28.2. The van der Waals surface area contributed by atoms with Gasteiger partial charge in [0.15, 0.2) is 12.6 Å². The molecule has 21 heteroatoms. The fraction of sp³-hybridized carbons (Fsp3) is 0.967. The molecular formula is C30H52O21. The topological polar surface area (TPSA) is 334 Å². The monoisotopic (exact) mass is 748 g/mol. The van der Waals surface area contributed by atoms with Crippen LogP contribution in [-0.2, 0) is 42.7 Å². The van der Waals surface area contributed by atoms with Gasteiger partial charge in [-0.05, 0) is 6.92 Å². The summed E-state index contributed by atoms with van der Waals surface area (Å²) in [6.45, 7) is 1.43. The third-order valence-corrected chi connectivity index (χ3v) is 10.0. The van der Waals surface area contributed by atoms with E-state index in [0.717, 1.165) is 0 Å². The predicted molar refractivity (Wildman–Crippen MR) is 160 cm³/mol. The molecule has 12 N–H and O–H groups in total. The maximum Gasteiger partial charge on any atom is 0.332 e. The number of aliphatic hydroxyl groups excluding tert-OH is 12. The number of rotatable bonds is 14. The van der Waals surface area contributed by atoms with Gasteiger partial charge in [0.25, 0.3) is 6.47 Å². The molecule has 298 valence electrons.